The summed E-state index contributed by atoms with van der Waals surface area (Å²) in [7, 11) is 1.61. The molecule has 3 N–H and O–H groups in total. The fourth-order valence-electron chi connectivity index (χ4n) is 4.11. The molecule has 1 heterocycles. The van der Waals surface area contributed by atoms with E-state index in [0.29, 0.717) is 24.3 Å². The van der Waals surface area contributed by atoms with Crippen molar-refractivity contribution in [3.05, 3.63) is 60.2 Å². The van der Waals surface area contributed by atoms with Gasteiger partial charge in [-0.1, -0.05) is 56.3 Å². The van der Waals surface area contributed by atoms with Gasteiger partial charge >= 0.3 is 0 Å². The van der Waals surface area contributed by atoms with Gasteiger partial charge in [0.15, 0.2) is 0 Å². The lowest BCUT2D eigenvalue weighted by Gasteiger charge is -2.36. The van der Waals surface area contributed by atoms with Crippen LogP contribution in [-0.4, -0.2) is 36.9 Å². The van der Waals surface area contributed by atoms with Crippen LogP contribution in [-0.2, 0) is 20.9 Å². The van der Waals surface area contributed by atoms with Gasteiger partial charge in [-0.15, -0.1) is 0 Å². The number of nitrogens with zero attached hydrogens (tertiary/aromatic N) is 2. The van der Waals surface area contributed by atoms with Gasteiger partial charge in [0.05, 0.1) is 23.8 Å². The quantitative estimate of drug-likeness (QED) is 0.698. The van der Waals surface area contributed by atoms with Crippen molar-refractivity contribution < 1.29 is 14.4 Å². The van der Waals surface area contributed by atoms with E-state index < -0.39 is 17.4 Å². The van der Waals surface area contributed by atoms with Gasteiger partial charge in [0, 0.05) is 13.0 Å². The molecule has 1 unspecified atom stereocenters. The van der Waals surface area contributed by atoms with E-state index in [1.54, 1.807) is 23.8 Å². The molecule has 170 valence electrons. The first kappa shape index (κ1) is 23.5. The lowest BCUT2D eigenvalue weighted by molar-refractivity contribution is -0.133. The zero-order chi connectivity index (χ0) is 23.5. The molecule has 3 amide bonds. The second-order valence-electron chi connectivity index (χ2n) is 8.87. The molecule has 2 aromatic rings. The molecule has 2 atom stereocenters. The predicted octanol–water partition coefficient (Wildman–Crippen LogP) is 2.69. The Morgan fingerprint density at radius 1 is 1.09 bits per heavy atom. The zero-order valence-corrected chi connectivity index (χ0v) is 19.2. The van der Waals surface area contributed by atoms with Crippen LogP contribution in [0, 0.1) is 11.8 Å². The van der Waals surface area contributed by atoms with Gasteiger partial charge in [-0.3, -0.25) is 14.4 Å². The Hall–Kier alpha value is -3.19. The third-order valence-electron chi connectivity index (χ3n) is 6.19. The lowest BCUT2D eigenvalue weighted by Crippen LogP contribution is -2.63. The molecule has 0 saturated carbocycles. The van der Waals surface area contributed by atoms with Crippen LogP contribution in [0.3, 0.4) is 0 Å². The molecule has 0 saturated heterocycles. The fraction of sp³-hybridized carbons (Fsp3) is 0.400. The van der Waals surface area contributed by atoms with Gasteiger partial charge in [0.1, 0.15) is 5.54 Å². The summed E-state index contributed by atoms with van der Waals surface area (Å²) in [5, 5.41) is 2.96. The smallest absolute Gasteiger partial charge is 0.238 e. The van der Waals surface area contributed by atoms with E-state index in [4.69, 9.17) is 5.73 Å². The number of nitrogens with one attached hydrogen (secondary N) is 1. The Balaban J connectivity index is 2.17. The first-order valence-electron chi connectivity index (χ1n) is 10.9. The number of hydrogen-bond donors (Lipinski definition) is 2. The van der Waals surface area contributed by atoms with Crippen molar-refractivity contribution in [2.24, 2.45) is 17.6 Å². The molecule has 0 radical (unpaired) electrons. The number of rotatable bonds is 7. The molecule has 3 rings (SSSR count). The number of fused-ring (bicyclic) bond motifs is 1. The van der Waals surface area contributed by atoms with Crippen molar-refractivity contribution in [1.29, 1.82) is 0 Å². The van der Waals surface area contributed by atoms with E-state index in [-0.39, 0.29) is 24.3 Å². The van der Waals surface area contributed by atoms with Gasteiger partial charge in [0.25, 0.3) is 0 Å². The van der Waals surface area contributed by atoms with E-state index in [0.717, 1.165) is 5.56 Å². The lowest BCUT2D eigenvalue weighted by atomic mass is 9.83. The van der Waals surface area contributed by atoms with Crippen molar-refractivity contribution in [3.63, 3.8) is 0 Å². The van der Waals surface area contributed by atoms with E-state index in [1.165, 1.54) is 0 Å². The number of likely N-dealkylation sites (N-methyl/N-ethyl adjacent to an activating group) is 1. The topological polar surface area (TPSA) is 95.7 Å². The highest BCUT2D eigenvalue weighted by atomic mass is 16.2. The summed E-state index contributed by atoms with van der Waals surface area (Å²) >= 11 is 0. The second kappa shape index (κ2) is 9.53. The molecule has 0 fully saturated rings. The molecule has 32 heavy (non-hydrogen) atoms. The molecule has 1 aliphatic heterocycles. The highest BCUT2D eigenvalue weighted by Crippen LogP contribution is 2.38. The summed E-state index contributed by atoms with van der Waals surface area (Å²) < 4.78 is 0. The summed E-state index contributed by atoms with van der Waals surface area (Å²) in [6.07, 6.45) is 0.334. The molecule has 0 spiro atoms. The van der Waals surface area contributed by atoms with Crippen LogP contribution >= 0.6 is 0 Å². The van der Waals surface area contributed by atoms with Crippen molar-refractivity contribution in [2.75, 3.05) is 23.4 Å². The van der Waals surface area contributed by atoms with Crippen molar-refractivity contribution >= 4 is 29.1 Å². The molecular weight excluding hydrogens is 404 g/mol. The van der Waals surface area contributed by atoms with Gasteiger partial charge in [0.2, 0.25) is 17.7 Å². The minimum atomic E-state index is -1.33. The molecule has 0 aromatic heterocycles. The highest BCUT2D eigenvalue weighted by Gasteiger charge is 2.48. The number of nitrogens with two attached hydrogens (primary N) is 1. The SMILES string of the molecule is CNC(C)(C(N)=O)[C@@H]1CN(C(=O)CC(C)C)c2ccccc2N(Cc2ccccc2)C1=O. The Kier molecular flexibility index (Phi) is 6.99. The monoisotopic (exact) mass is 436 g/mol. The van der Waals surface area contributed by atoms with Crippen LogP contribution in [0.15, 0.2) is 54.6 Å². The minimum Gasteiger partial charge on any atom is -0.368 e. The van der Waals surface area contributed by atoms with Crippen molar-refractivity contribution in [3.8, 4) is 0 Å². The highest BCUT2D eigenvalue weighted by molar-refractivity contribution is 6.08. The van der Waals surface area contributed by atoms with Crippen LogP contribution in [0.25, 0.3) is 0 Å². The fourth-order valence-corrected chi connectivity index (χ4v) is 4.11. The maximum atomic E-state index is 14.0. The number of carbonyl (C=O) groups excluding carboxylic acids is 3. The minimum absolute atomic E-state index is 0.0625. The van der Waals surface area contributed by atoms with E-state index >= 15 is 0 Å². The number of carbonyl (C=O) groups is 3. The molecule has 0 bridgehead atoms. The maximum Gasteiger partial charge on any atom is 0.238 e. The third kappa shape index (κ3) is 4.53. The van der Waals surface area contributed by atoms with Crippen LogP contribution in [0.4, 0.5) is 11.4 Å². The number of benzene rings is 2. The number of amides is 3. The molecular formula is C25H32N4O3. The van der Waals surface area contributed by atoms with Gasteiger partial charge in [-0.2, -0.15) is 0 Å². The second-order valence-corrected chi connectivity index (χ2v) is 8.87. The molecule has 7 nitrogen and oxygen atoms in total. The predicted molar refractivity (Wildman–Crippen MR) is 126 cm³/mol. The third-order valence-corrected chi connectivity index (χ3v) is 6.19. The number of primary amides is 1. The summed E-state index contributed by atoms with van der Waals surface area (Å²) in [6, 6.07) is 17.0. The maximum absolute atomic E-state index is 14.0. The standard InChI is InChI=1S/C25H32N4O3/c1-17(2)14-22(30)28-16-19(25(3,27-4)24(26)32)23(31)29(15-18-10-6-5-7-11-18)21-13-9-8-12-20(21)28/h5-13,17,19,27H,14-16H2,1-4H3,(H2,26,32)/t19-,25?/m1/s1. The zero-order valence-electron chi connectivity index (χ0n) is 19.2. The van der Waals surface area contributed by atoms with Crippen LogP contribution in [0.1, 0.15) is 32.8 Å². The van der Waals surface area contributed by atoms with E-state index in [9.17, 15) is 14.4 Å². The Morgan fingerprint density at radius 2 is 1.69 bits per heavy atom. The van der Waals surface area contributed by atoms with Gasteiger partial charge < -0.3 is 20.9 Å². The first-order chi connectivity index (χ1) is 15.2. The first-order valence-corrected chi connectivity index (χ1v) is 10.9. The van der Waals surface area contributed by atoms with Gasteiger partial charge in [-0.25, -0.2) is 0 Å². The number of para-hydroxylation sites is 2. The van der Waals surface area contributed by atoms with E-state index in [1.807, 2.05) is 68.4 Å². The van der Waals surface area contributed by atoms with Gasteiger partial charge in [-0.05, 0) is 37.6 Å². The Labute approximate surface area is 189 Å². The Morgan fingerprint density at radius 3 is 2.25 bits per heavy atom. The normalized spacial score (nSPS) is 18.2. The van der Waals surface area contributed by atoms with Crippen molar-refractivity contribution in [1.82, 2.24) is 5.32 Å². The van der Waals surface area contributed by atoms with Crippen LogP contribution in [0.2, 0.25) is 0 Å². The molecule has 0 aliphatic carbocycles. The number of hydrogen-bond acceptors (Lipinski definition) is 4. The average Bonchev–Trinajstić information content (AvgIpc) is 2.89. The summed E-state index contributed by atoms with van der Waals surface area (Å²) in [5.41, 5.74) is 6.67. The summed E-state index contributed by atoms with van der Waals surface area (Å²) in [6.45, 7) is 5.96. The average molecular weight is 437 g/mol. The molecule has 7 heteroatoms. The van der Waals surface area contributed by atoms with Crippen LogP contribution < -0.4 is 20.9 Å². The van der Waals surface area contributed by atoms with E-state index in [2.05, 4.69) is 5.32 Å². The van der Waals surface area contributed by atoms with Crippen molar-refractivity contribution in [2.45, 2.75) is 39.3 Å². The largest absolute Gasteiger partial charge is 0.368 e. The molecule has 1 aliphatic rings. The van der Waals surface area contributed by atoms with Crippen LogP contribution in [0.5, 0.6) is 0 Å². The summed E-state index contributed by atoms with van der Waals surface area (Å²) in [5.74, 6) is -1.69. The Bertz CT molecular complexity index is 992. The molecule has 2 aromatic carbocycles. The summed E-state index contributed by atoms with van der Waals surface area (Å²) in [4.78, 5) is 43.0. The number of anilines is 2.